The van der Waals surface area contributed by atoms with E-state index < -0.39 is 0 Å². The SMILES string of the molecule is CCCOc1cccc(CN2CCCC(C)(CO)C2)c1. The number of hydrogen-bond donors (Lipinski definition) is 1. The first-order valence-corrected chi connectivity index (χ1v) is 7.70. The van der Waals surface area contributed by atoms with Crippen LogP contribution in [0.2, 0.25) is 0 Å². The topological polar surface area (TPSA) is 32.7 Å². The third kappa shape index (κ3) is 4.22. The van der Waals surface area contributed by atoms with E-state index in [0.29, 0.717) is 0 Å². The first kappa shape index (κ1) is 15.3. The quantitative estimate of drug-likeness (QED) is 0.867. The van der Waals surface area contributed by atoms with Gasteiger partial charge >= 0.3 is 0 Å². The summed E-state index contributed by atoms with van der Waals surface area (Å²) in [6.45, 7) is 8.39. The summed E-state index contributed by atoms with van der Waals surface area (Å²) in [6.07, 6.45) is 3.33. The fraction of sp³-hybridized carbons (Fsp3) is 0.647. The highest BCUT2D eigenvalue weighted by Crippen LogP contribution is 2.29. The van der Waals surface area contributed by atoms with E-state index in [4.69, 9.17) is 4.74 Å². The van der Waals surface area contributed by atoms with Crippen molar-refractivity contribution < 1.29 is 9.84 Å². The van der Waals surface area contributed by atoms with Crippen molar-refractivity contribution in [3.05, 3.63) is 29.8 Å². The van der Waals surface area contributed by atoms with Crippen molar-refractivity contribution in [1.29, 1.82) is 0 Å². The van der Waals surface area contributed by atoms with Gasteiger partial charge in [0.05, 0.1) is 6.61 Å². The monoisotopic (exact) mass is 277 g/mol. The summed E-state index contributed by atoms with van der Waals surface area (Å²) >= 11 is 0. The lowest BCUT2D eigenvalue weighted by Gasteiger charge is -2.39. The van der Waals surface area contributed by atoms with Crippen LogP contribution in [-0.4, -0.2) is 36.3 Å². The van der Waals surface area contributed by atoms with Gasteiger partial charge in [-0.2, -0.15) is 0 Å². The maximum Gasteiger partial charge on any atom is 0.119 e. The van der Waals surface area contributed by atoms with Gasteiger partial charge in [-0.15, -0.1) is 0 Å². The molecule has 3 heteroatoms. The Bertz CT molecular complexity index is 421. The maximum absolute atomic E-state index is 9.53. The molecule has 1 aliphatic rings. The molecule has 2 rings (SSSR count). The van der Waals surface area contributed by atoms with E-state index in [2.05, 4.69) is 36.9 Å². The number of nitrogens with zero attached hydrogens (tertiary/aromatic N) is 1. The van der Waals surface area contributed by atoms with Gasteiger partial charge in [-0.3, -0.25) is 4.90 Å². The summed E-state index contributed by atoms with van der Waals surface area (Å²) < 4.78 is 5.69. The summed E-state index contributed by atoms with van der Waals surface area (Å²) in [5.74, 6) is 0.964. The number of aliphatic hydroxyl groups excluding tert-OH is 1. The van der Waals surface area contributed by atoms with Crippen LogP contribution in [0.1, 0.15) is 38.7 Å². The van der Waals surface area contributed by atoms with Gasteiger partial charge in [-0.05, 0) is 43.5 Å². The third-order valence-electron chi connectivity index (χ3n) is 4.02. The van der Waals surface area contributed by atoms with Gasteiger partial charge in [0, 0.05) is 25.1 Å². The zero-order valence-electron chi connectivity index (χ0n) is 12.8. The van der Waals surface area contributed by atoms with Gasteiger partial charge in [-0.25, -0.2) is 0 Å². The molecule has 112 valence electrons. The molecule has 0 aromatic heterocycles. The molecule has 0 saturated carbocycles. The molecule has 3 nitrogen and oxygen atoms in total. The second-order valence-electron chi connectivity index (χ2n) is 6.28. The summed E-state index contributed by atoms with van der Waals surface area (Å²) in [4.78, 5) is 2.44. The lowest BCUT2D eigenvalue weighted by Crippen LogP contribution is -2.43. The van der Waals surface area contributed by atoms with Crippen molar-refractivity contribution in [2.45, 2.75) is 39.7 Å². The molecule has 1 aromatic rings. The molecule has 1 saturated heterocycles. The number of hydrogen-bond acceptors (Lipinski definition) is 3. The minimum Gasteiger partial charge on any atom is -0.494 e. The summed E-state index contributed by atoms with van der Waals surface area (Å²) in [5.41, 5.74) is 1.36. The van der Waals surface area contributed by atoms with Gasteiger partial charge in [0.2, 0.25) is 0 Å². The van der Waals surface area contributed by atoms with Crippen molar-refractivity contribution in [1.82, 2.24) is 4.90 Å². The molecular weight excluding hydrogens is 250 g/mol. The highest BCUT2D eigenvalue weighted by Gasteiger charge is 2.30. The van der Waals surface area contributed by atoms with Gasteiger partial charge < -0.3 is 9.84 Å². The molecule has 0 bridgehead atoms. The lowest BCUT2D eigenvalue weighted by atomic mass is 9.82. The summed E-state index contributed by atoms with van der Waals surface area (Å²) in [5, 5.41) is 9.53. The molecule has 0 amide bonds. The molecule has 1 N–H and O–H groups in total. The van der Waals surface area contributed by atoms with Crippen LogP contribution in [0.5, 0.6) is 5.75 Å². The lowest BCUT2D eigenvalue weighted by molar-refractivity contribution is 0.0429. The van der Waals surface area contributed by atoms with E-state index in [-0.39, 0.29) is 12.0 Å². The zero-order chi connectivity index (χ0) is 14.4. The van der Waals surface area contributed by atoms with Gasteiger partial charge in [0.15, 0.2) is 0 Å². The van der Waals surface area contributed by atoms with Crippen LogP contribution < -0.4 is 4.74 Å². The minimum atomic E-state index is 0.0641. The molecule has 1 heterocycles. The Hall–Kier alpha value is -1.06. The van der Waals surface area contributed by atoms with E-state index in [9.17, 15) is 5.11 Å². The number of aliphatic hydroxyl groups is 1. The first-order chi connectivity index (χ1) is 9.65. The predicted molar refractivity (Wildman–Crippen MR) is 81.9 cm³/mol. The van der Waals surface area contributed by atoms with Crippen molar-refractivity contribution in [2.24, 2.45) is 5.41 Å². The minimum absolute atomic E-state index is 0.0641. The summed E-state index contributed by atoms with van der Waals surface area (Å²) in [6, 6.07) is 8.38. The van der Waals surface area contributed by atoms with Crippen LogP contribution in [0, 0.1) is 5.41 Å². The predicted octanol–water partition coefficient (Wildman–Crippen LogP) is 3.07. The van der Waals surface area contributed by atoms with Crippen molar-refractivity contribution in [3.63, 3.8) is 0 Å². The molecule has 1 aromatic carbocycles. The number of benzene rings is 1. The number of piperidine rings is 1. The molecule has 1 aliphatic heterocycles. The van der Waals surface area contributed by atoms with Crippen LogP contribution in [-0.2, 0) is 6.54 Å². The van der Waals surface area contributed by atoms with Crippen molar-refractivity contribution >= 4 is 0 Å². The Morgan fingerprint density at radius 3 is 3.00 bits per heavy atom. The maximum atomic E-state index is 9.53. The normalized spacial score (nSPS) is 23.8. The number of rotatable bonds is 6. The fourth-order valence-corrected chi connectivity index (χ4v) is 2.90. The Morgan fingerprint density at radius 1 is 1.40 bits per heavy atom. The van der Waals surface area contributed by atoms with Crippen LogP contribution in [0.25, 0.3) is 0 Å². The highest BCUT2D eigenvalue weighted by atomic mass is 16.5. The Morgan fingerprint density at radius 2 is 2.25 bits per heavy atom. The van der Waals surface area contributed by atoms with Crippen molar-refractivity contribution in [3.8, 4) is 5.75 Å². The molecule has 1 unspecified atom stereocenters. The average molecular weight is 277 g/mol. The van der Waals surface area contributed by atoms with E-state index in [0.717, 1.165) is 44.8 Å². The van der Waals surface area contributed by atoms with Crippen LogP contribution in [0.4, 0.5) is 0 Å². The second-order valence-corrected chi connectivity index (χ2v) is 6.28. The number of ether oxygens (including phenoxy) is 1. The highest BCUT2D eigenvalue weighted by molar-refractivity contribution is 5.28. The molecule has 0 spiro atoms. The van der Waals surface area contributed by atoms with E-state index in [1.54, 1.807) is 0 Å². The largest absolute Gasteiger partial charge is 0.494 e. The number of likely N-dealkylation sites (tertiary alicyclic amines) is 1. The second kappa shape index (κ2) is 7.09. The summed E-state index contributed by atoms with van der Waals surface area (Å²) in [7, 11) is 0. The van der Waals surface area contributed by atoms with Crippen molar-refractivity contribution in [2.75, 3.05) is 26.3 Å². The average Bonchev–Trinajstić information content (AvgIpc) is 2.46. The Labute approximate surface area is 122 Å². The molecule has 1 atom stereocenters. The van der Waals surface area contributed by atoms with Crippen LogP contribution in [0.3, 0.4) is 0 Å². The Balaban J connectivity index is 1.95. The van der Waals surface area contributed by atoms with Gasteiger partial charge in [0.25, 0.3) is 0 Å². The van der Waals surface area contributed by atoms with Gasteiger partial charge in [0.1, 0.15) is 5.75 Å². The molecule has 0 radical (unpaired) electrons. The van der Waals surface area contributed by atoms with E-state index >= 15 is 0 Å². The van der Waals surface area contributed by atoms with Crippen LogP contribution >= 0.6 is 0 Å². The molecular formula is C17H27NO2. The smallest absolute Gasteiger partial charge is 0.119 e. The van der Waals surface area contributed by atoms with Gasteiger partial charge in [-0.1, -0.05) is 26.0 Å². The molecule has 20 heavy (non-hydrogen) atoms. The third-order valence-corrected chi connectivity index (χ3v) is 4.02. The van der Waals surface area contributed by atoms with E-state index in [1.807, 2.05) is 6.07 Å². The zero-order valence-corrected chi connectivity index (χ0v) is 12.8. The standard InChI is InChI=1S/C17H27NO2/c1-3-10-20-16-7-4-6-15(11-16)12-18-9-5-8-17(2,13-18)14-19/h4,6-7,11,19H,3,5,8-10,12-14H2,1-2H3. The first-order valence-electron chi connectivity index (χ1n) is 7.70. The van der Waals surface area contributed by atoms with Crippen LogP contribution in [0.15, 0.2) is 24.3 Å². The van der Waals surface area contributed by atoms with E-state index in [1.165, 1.54) is 12.0 Å². The molecule has 0 aliphatic carbocycles. The Kier molecular flexibility index (Phi) is 5.44. The molecule has 1 fully saturated rings. The fourth-order valence-electron chi connectivity index (χ4n) is 2.90.